The fourth-order valence-corrected chi connectivity index (χ4v) is 4.75. The van der Waals surface area contributed by atoms with Gasteiger partial charge in [0.2, 0.25) is 0 Å². The van der Waals surface area contributed by atoms with E-state index in [2.05, 4.69) is 4.98 Å². The van der Waals surface area contributed by atoms with E-state index in [4.69, 9.17) is 10.5 Å². The molecule has 3 aromatic rings. The predicted octanol–water partition coefficient (Wildman–Crippen LogP) is 4.28. The van der Waals surface area contributed by atoms with E-state index in [9.17, 15) is 5.11 Å². The molecule has 3 N–H and O–H groups in total. The Labute approximate surface area is 175 Å². The first kappa shape index (κ1) is 19.4. The monoisotopic (exact) mass is 407 g/mol. The topological polar surface area (TPSA) is 71.6 Å². The fourth-order valence-electron chi connectivity index (χ4n) is 4.75. The zero-order chi connectivity index (χ0) is 21.0. The molecule has 6 heteroatoms. The number of nitrogens with two attached hydrogens (primary N) is 1. The summed E-state index contributed by atoms with van der Waals surface area (Å²) in [5.74, 6) is 0.496. The fraction of sp³-hybridized carbons (Fsp3) is 0.375. The Hall–Kier alpha value is -2.54. The average Bonchev–Trinajstić information content (AvgIpc) is 3.32. The van der Waals surface area contributed by atoms with Crippen LogP contribution in [-0.4, -0.2) is 28.1 Å². The van der Waals surface area contributed by atoms with Crippen molar-refractivity contribution in [1.82, 2.24) is 9.88 Å². The SMILES string of the molecule is Cc1ccc([C@@]2(F)CCN(C(O)c3ccc4nc(N)c5c(c4c3)CO[C@@H]5C)C2)cc1. The highest BCUT2D eigenvalue weighted by Crippen LogP contribution is 2.41. The molecular weight excluding hydrogens is 381 g/mol. The van der Waals surface area contributed by atoms with Crippen LogP contribution in [0.5, 0.6) is 0 Å². The summed E-state index contributed by atoms with van der Waals surface area (Å²) in [6.07, 6.45) is -0.615. The van der Waals surface area contributed by atoms with Gasteiger partial charge in [0.1, 0.15) is 17.7 Å². The number of benzene rings is 2. The number of aliphatic hydroxyl groups excluding tert-OH is 1. The molecule has 0 spiro atoms. The van der Waals surface area contributed by atoms with Gasteiger partial charge >= 0.3 is 0 Å². The molecule has 30 heavy (non-hydrogen) atoms. The van der Waals surface area contributed by atoms with Crippen molar-refractivity contribution >= 4 is 16.7 Å². The minimum absolute atomic E-state index is 0.0919. The maximum atomic E-state index is 15.6. The van der Waals surface area contributed by atoms with E-state index >= 15 is 4.39 Å². The van der Waals surface area contributed by atoms with Gasteiger partial charge in [-0.15, -0.1) is 0 Å². The highest BCUT2D eigenvalue weighted by Gasteiger charge is 2.42. The Balaban J connectivity index is 1.45. The Morgan fingerprint density at radius 2 is 2.03 bits per heavy atom. The quantitative estimate of drug-likeness (QED) is 0.678. The predicted molar refractivity (Wildman–Crippen MR) is 114 cm³/mol. The maximum absolute atomic E-state index is 15.6. The van der Waals surface area contributed by atoms with E-state index in [0.29, 0.717) is 31.0 Å². The third-order valence-electron chi connectivity index (χ3n) is 6.53. The van der Waals surface area contributed by atoms with Gasteiger partial charge in [0.05, 0.1) is 18.2 Å². The second-order valence-electron chi connectivity index (χ2n) is 8.54. The molecule has 3 atom stereocenters. The molecule has 2 aromatic carbocycles. The number of aliphatic hydroxyl groups is 1. The molecule has 0 radical (unpaired) electrons. The van der Waals surface area contributed by atoms with Crippen LogP contribution in [0.4, 0.5) is 10.2 Å². The molecule has 2 aliphatic heterocycles. The molecule has 156 valence electrons. The minimum Gasteiger partial charge on any atom is -0.383 e. The molecule has 3 heterocycles. The van der Waals surface area contributed by atoms with Crippen molar-refractivity contribution < 1.29 is 14.2 Å². The Morgan fingerprint density at radius 3 is 2.80 bits per heavy atom. The van der Waals surface area contributed by atoms with Gasteiger partial charge < -0.3 is 15.6 Å². The van der Waals surface area contributed by atoms with E-state index in [0.717, 1.165) is 33.2 Å². The number of aromatic nitrogens is 1. The largest absolute Gasteiger partial charge is 0.383 e. The van der Waals surface area contributed by atoms with Crippen molar-refractivity contribution in [2.75, 3.05) is 18.8 Å². The number of ether oxygens (including phenoxy) is 1. The summed E-state index contributed by atoms with van der Waals surface area (Å²) in [6, 6.07) is 13.2. The first-order valence-corrected chi connectivity index (χ1v) is 10.4. The van der Waals surface area contributed by atoms with Crippen LogP contribution in [0, 0.1) is 6.92 Å². The van der Waals surface area contributed by atoms with Gasteiger partial charge in [-0.25, -0.2) is 9.37 Å². The number of nitrogen functional groups attached to an aromatic ring is 1. The lowest BCUT2D eigenvalue weighted by Crippen LogP contribution is -2.30. The van der Waals surface area contributed by atoms with Gasteiger partial charge in [0.25, 0.3) is 0 Å². The van der Waals surface area contributed by atoms with Gasteiger partial charge in [-0.2, -0.15) is 0 Å². The van der Waals surface area contributed by atoms with Gasteiger partial charge in [0.15, 0.2) is 0 Å². The van der Waals surface area contributed by atoms with Crippen LogP contribution >= 0.6 is 0 Å². The number of alkyl halides is 1. The molecule has 1 fully saturated rings. The third-order valence-corrected chi connectivity index (χ3v) is 6.53. The second-order valence-corrected chi connectivity index (χ2v) is 8.54. The number of fused-ring (bicyclic) bond motifs is 3. The maximum Gasteiger partial charge on any atom is 0.149 e. The van der Waals surface area contributed by atoms with Gasteiger partial charge in [-0.3, -0.25) is 4.90 Å². The van der Waals surface area contributed by atoms with Crippen molar-refractivity contribution in [1.29, 1.82) is 0 Å². The van der Waals surface area contributed by atoms with Crippen LogP contribution in [0.15, 0.2) is 42.5 Å². The lowest BCUT2D eigenvalue weighted by Gasteiger charge is -2.26. The summed E-state index contributed by atoms with van der Waals surface area (Å²) >= 11 is 0. The third kappa shape index (κ3) is 3.07. The number of rotatable bonds is 3. The smallest absolute Gasteiger partial charge is 0.149 e. The number of halogens is 1. The summed E-state index contributed by atoms with van der Waals surface area (Å²) in [5.41, 5.74) is 9.91. The molecular formula is C24H26FN3O2. The standard InChI is InChI=1S/C24H26FN3O2/c1-14-3-6-17(7-4-14)24(25)9-10-28(13-24)23(29)16-5-8-20-18(11-16)19-12-30-15(2)21(19)22(26)27-20/h3-8,11,15,23,29H,9-10,12-13H2,1-2H3,(H2,26,27)/t15-,23?,24-/m1/s1. The molecule has 2 aliphatic rings. The zero-order valence-electron chi connectivity index (χ0n) is 17.2. The van der Waals surface area contributed by atoms with E-state index in [1.807, 2.05) is 56.3 Å². The number of likely N-dealkylation sites (tertiary alicyclic amines) is 1. The molecule has 0 saturated carbocycles. The van der Waals surface area contributed by atoms with Crippen LogP contribution in [0.3, 0.4) is 0 Å². The van der Waals surface area contributed by atoms with Crippen molar-refractivity contribution in [3.8, 4) is 0 Å². The Bertz CT molecular complexity index is 1120. The van der Waals surface area contributed by atoms with Crippen LogP contribution in [0.2, 0.25) is 0 Å². The molecule has 1 unspecified atom stereocenters. The van der Waals surface area contributed by atoms with Crippen LogP contribution in [0.1, 0.15) is 53.5 Å². The molecule has 1 saturated heterocycles. The summed E-state index contributed by atoms with van der Waals surface area (Å²) in [7, 11) is 0. The van der Waals surface area contributed by atoms with Gasteiger partial charge in [-0.1, -0.05) is 35.9 Å². The van der Waals surface area contributed by atoms with E-state index in [1.165, 1.54) is 0 Å². The van der Waals surface area contributed by atoms with E-state index < -0.39 is 11.9 Å². The summed E-state index contributed by atoms with van der Waals surface area (Å²) in [6.45, 7) is 5.08. The second kappa shape index (κ2) is 7.01. The van der Waals surface area contributed by atoms with Gasteiger partial charge in [0, 0.05) is 24.0 Å². The van der Waals surface area contributed by atoms with Gasteiger partial charge in [-0.05, 0) is 49.1 Å². The summed E-state index contributed by atoms with van der Waals surface area (Å²) < 4.78 is 21.4. The highest BCUT2D eigenvalue weighted by molar-refractivity contribution is 5.87. The highest BCUT2D eigenvalue weighted by atomic mass is 19.1. The first-order chi connectivity index (χ1) is 14.4. The van der Waals surface area contributed by atoms with E-state index in [1.54, 1.807) is 4.90 Å². The van der Waals surface area contributed by atoms with Crippen molar-refractivity contribution in [3.63, 3.8) is 0 Å². The van der Waals surface area contributed by atoms with Crippen molar-refractivity contribution in [2.24, 2.45) is 0 Å². The van der Waals surface area contributed by atoms with E-state index in [-0.39, 0.29) is 12.6 Å². The summed E-state index contributed by atoms with van der Waals surface area (Å²) in [5, 5.41) is 12.0. The lowest BCUT2D eigenvalue weighted by molar-refractivity contribution is 0.00597. The number of nitrogens with zero attached hydrogens (tertiary/aromatic N) is 2. The molecule has 5 nitrogen and oxygen atoms in total. The zero-order valence-corrected chi connectivity index (χ0v) is 17.2. The lowest BCUT2D eigenvalue weighted by atomic mass is 9.94. The average molecular weight is 407 g/mol. The van der Waals surface area contributed by atoms with Crippen molar-refractivity contribution in [2.45, 2.75) is 44.9 Å². The molecule has 5 rings (SSSR count). The molecule has 0 amide bonds. The normalized spacial score (nSPS) is 25.0. The first-order valence-electron chi connectivity index (χ1n) is 10.4. The molecule has 0 bridgehead atoms. The number of hydrogen-bond donors (Lipinski definition) is 2. The Morgan fingerprint density at radius 1 is 1.27 bits per heavy atom. The Kier molecular flexibility index (Phi) is 4.54. The van der Waals surface area contributed by atoms with Crippen LogP contribution in [0.25, 0.3) is 10.9 Å². The molecule has 0 aliphatic carbocycles. The van der Waals surface area contributed by atoms with Crippen LogP contribution in [-0.2, 0) is 17.0 Å². The van der Waals surface area contributed by atoms with Crippen LogP contribution < -0.4 is 5.73 Å². The number of hydrogen-bond acceptors (Lipinski definition) is 5. The molecule has 1 aromatic heterocycles. The summed E-state index contributed by atoms with van der Waals surface area (Å²) in [4.78, 5) is 6.30. The minimum atomic E-state index is -1.45. The number of aryl methyl sites for hydroxylation is 1. The van der Waals surface area contributed by atoms with Crippen molar-refractivity contribution in [3.05, 3.63) is 70.3 Å². The number of anilines is 1. The number of pyridine rings is 1.